The number of halogens is 1. The maximum Gasteiger partial charge on any atom is 0.302 e. The molecule has 1 heterocycles. The topological polar surface area (TPSA) is 44.1 Å². The van der Waals surface area contributed by atoms with Gasteiger partial charge in [-0.3, -0.25) is 9.36 Å². The lowest BCUT2D eigenvalue weighted by molar-refractivity contribution is -0.119. The predicted octanol–water partition coefficient (Wildman–Crippen LogP) is 3.76. The SMILES string of the molecule is CC(=O)COc1ncc(Br)n1-c1cccc2ccccc12. The molecule has 1 aromatic heterocycles. The molecule has 2 aromatic carbocycles. The van der Waals surface area contributed by atoms with Gasteiger partial charge in [-0.1, -0.05) is 36.4 Å². The van der Waals surface area contributed by atoms with Crippen molar-refractivity contribution in [3.05, 3.63) is 53.3 Å². The lowest BCUT2D eigenvalue weighted by Crippen LogP contribution is -2.10. The molecule has 3 rings (SSSR count). The van der Waals surface area contributed by atoms with Gasteiger partial charge < -0.3 is 4.74 Å². The average Bonchev–Trinajstić information content (AvgIpc) is 2.85. The van der Waals surface area contributed by atoms with E-state index in [1.807, 2.05) is 34.9 Å². The van der Waals surface area contributed by atoms with E-state index in [2.05, 4.69) is 33.0 Å². The van der Waals surface area contributed by atoms with E-state index in [0.717, 1.165) is 21.1 Å². The van der Waals surface area contributed by atoms with Crippen molar-refractivity contribution in [3.8, 4) is 11.7 Å². The van der Waals surface area contributed by atoms with Gasteiger partial charge in [-0.05, 0) is 34.3 Å². The minimum atomic E-state index is -0.0430. The molecule has 0 aliphatic carbocycles. The monoisotopic (exact) mass is 344 g/mol. The number of ketones is 1. The third-order valence-electron chi connectivity index (χ3n) is 3.10. The summed E-state index contributed by atoms with van der Waals surface area (Å²) in [4.78, 5) is 15.3. The van der Waals surface area contributed by atoms with Crippen molar-refractivity contribution >= 4 is 32.5 Å². The number of aromatic nitrogens is 2. The van der Waals surface area contributed by atoms with Crippen molar-refractivity contribution in [1.82, 2.24) is 9.55 Å². The highest BCUT2D eigenvalue weighted by Crippen LogP contribution is 2.29. The van der Waals surface area contributed by atoms with Gasteiger partial charge in [0.15, 0.2) is 5.78 Å². The second-order valence-electron chi connectivity index (χ2n) is 4.69. The van der Waals surface area contributed by atoms with Gasteiger partial charge in [0.1, 0.15) is 11.2 Å². The predicted molar refractivity (Wildman–Crippen MR) is 84.9 cm³/mol. The first kappa shape index (κ1) is 13.8. The molecule has 3 aromatic rings. The molecule has 0 fully saturated rings. The van der Waals surface area contributed by atoms with Crippen LogP contribution in [0.4, 0.5) is 0 Å². The lowest BCUT2D eigenvalue weighted by atomic mass is 10.1. The maximum absolute atomic E-state index is 11.1. The molecule has 0 unspecified atom stereocenters. The minimum absolute atomic E-state index is 0.00815. The fourth-order valence-electron chi connectivity index (χ4n) is 2.20. The van der Waals surface area contributed by atoms with Gasteiger partial charge in [0, 0.05) is 5.39 Å². The zero-order chi connectivity index (χ0) is 14.8. The number of carbonyl (C=O) groups is 1. The van der Waals surface area contributed by atoms with Crippen LogP contribution in [0.2, 0.25) is 0 Å². The quantitative estimate of drug-likeness (QED) is 0.723. The number of imidazole rings is 1. The number of Topliss-reactive ketones (excluding diaryl/α,β-unsaturated/α-hetero) is 1. The normalized spacial score (nSPS) is 10.8. The number of rotatable bonds is 4. The van der Waals surface area contributed by atoms with Crippen LogP contribution < -0.4 is 4.74 Å². The Kier molecular flexibility index (Phi) is 3.75. The molecular weight excluding hydrogens is 332 g/mol. The summed E-state index contributed by atoms with van der Waals surface area (Å²) < 4.78 is 8.12. The molecule has 5 heteroatoms. The Hall–Kier alpha value is -2.14. The van der Waals surface area contributed by atoms with Gasteiger partial charge in [0.25, 0.3) is 0 Å². The van der Waals surface area contributed by atoms with Crippen LogP contribution in [0, 0.1) is 0 Å². The summed E-state index contributed by atoms with van der Waals surface area (Å²) in [5.74, 6) is -0.0430. The number of hydrogen-bond donors (Lipinski definition) is 0. The Morgan fingerprint density at radius 2 is 2.00 bits per heavy atom. The van der Waals surface area contributed by atoms with Gasteiger partial charge in [0.05, 0.1) is 11.9 Å². The summed E-state index contributed by atoms with van der Waals surface area (Å²) in [5, 5.41) is 2.22. The molecule has 0 saturated heterocycles. The van der Waals surface area contributed by atoms with Crippen LogP contribution in [0.15, 0.2) is 53.3 Å². The van der Waals surface area contributed by atoms with Gasteiger partial charge in [-0.2, -0.15) is 0 Å². The van der Waals surface area contributed by atoms with Crippen molar-refractivity contribution in [2.45, 2.75) is 6.92 Å². The highest BCUT2D eigenvalue weighted by molar-refractivity contribution is 9.10. The second kappa shape index (κ2) is 5.69. The molecule has 21 heavy (non-hydrogen) atoms. The number of nitrogens with zero attached hydrogens (tertiary/aromatic N) is 2. The van der Waals surface area contributed by atoms with E-state index in [4.69, 9.17) is 4.74 Å². The molecule has 0 amide bonds. The van der Waals surface area contributed by atoms with E-state index in [1.165, 1.54) is 6.92 Å². The minimum Gasteiger partial charge on any atom is -0.456 e. The highest BCUT2D eigenvalue weighted by Gasteiger charge is 2.14. The van der Waals surface area contributed by atoms with Crippen molar-refractivity contribution in [2.75, 3.05) is 6.61 Å². The Bertz CT molecular complexity index is 806. The Morgan fingerprint density at radius 1 is 1.24 bits per heavy atom. The maximum atomic E-state index is 11.1. The summed E-state index contributed by atoms with van der Waals surface area (Å²) in [7, 11) is 0. The summed E-state index contributed by atoms with van der Waals surface area (Å²) in [6.07, 6.45) is 1.66. The van der Waals surface area contributed by atoms with Crippen LogP contribution in [-0.2, 0) is 4.79 Å². The van der Waals surface area contributed by atoms with Crippen LogP contribution in [0.3, 0.4) is 0 Å². The van der Waals surface area contributed by atoms with Crippen molar-refractivity contribution in [1.29, 1.82) is 0 Å². The number of benzene rings is 2. The molecule has 0 bridgehead atoms. The van der Waals surface area contributed by atoms with Crippen LogP contribution >= 0.6 is 15.9 Å². The van der Waals surface area contributed by atoms with Crippen LogP contribution in [0.25, 0.3) is 16.5 Å². The molecule has 0 aliphatic rings. The van der Waals surface area contributed by atoms with Crippen molar-refractivity contribution in [2.24, 2.45) is 0 Å². The van der Waals surface area contributed by atoms with Gasteiger partial charge >= 0.3 is 6.01 Å². The molecule has 4 nitrogen and oxygen atoms in total. The summed E-state index contributed by atoms with van der Waals surface area (Å²) >= 11 is 3.48. The molecule has 106 valence electrons. The van der Waals surface area contributed by atoms with E-state index >= 15 is 0 Å². The molecule has 0 aliphatic heterocycles. The van der Waals surface area contributed by atoms with Crippen LogP contribution in [0.5, 0.6) is 6.01 Å². The van der Waals surface area contributed by atoms with Crippen LogP contribution in [0.1, 0.15) is 6.92 Å². The van der Waals surface area contributed by atoms with Crippen LogP contribution in [-0.4, -0.2) is 21.9 Å². The number of fused-ring (bicyclic) bond motifs is 1. The fourth-order valence-corrected chi connectivity index (χ4v) is 2.65. The summed E-state index contributed by atoms with van der Waals surface area (Å²) in [6.45, 7) is 1.49. The first-order valence-electron chi connectivity index (χ1n) is 6.50. The lowest BCUT2D eigenvalue weighted by Gasteiger charge is -2.12. The van der Waals surface area contributed by atoms with E-state index in [0.29, 0.717) is 6.01 Å². The largest absolute Gasteiger partial charge is 0.456 e. The zero-order valence-electron chi connectivity index (χ0n) is 11.4. The van der Waals surface area contributed by atoms with E-state index in [9.17, 15) is 4.79 Å². The molecule has 0 saturated carbocycles. The molecule has 0 spiro atoms. The Morgan fingerprint density at radius 3 is 2.81 bits per heavy atom. The van der Waals surface area contributed by atoms with Crippen molar-refractivity contribution in [3.63, 3.8) is 0 Å². The third kappa shape index (κ3) is 2.69. The zero-order valence-corrected chi connectivity index (χ0v) is 13.0. The molecule has 0 radical (unpaired) electrons. The first-order chi connectivity index (χ1) is 10.2. The number of hydrogen-bond acceptors (Lipinski definition) is 3. The summed E-state index contributed by atoms with van der Waals surface area (Å²) in [5.41, 5.74) is 0.955. The summed E-state index contributed by atoms with van der Waals surface area (Å²) in [6, 6.07) is 14.5. The van der Waals surface area contributed by atoms with Gasteiger partial charge in [-0.15, -0.1) is 0 Å². The van der Waals surface area contributed by atoms with Crippen molar-refractivity contribution < 1.29 is 9.53 Å². The molecular formula is C16H13BrN2O2. The van der Waals surface area contributed by atoms with Gasteiger partial charge in [-0.25, -0.2) is 4.98 Å². The highest BCUT2D eigenvalue weighted by atomic mass is 79.9. The van der Waals surface area contributed by atoms with E-state index in [1.54, 1.807) is 6.20 Å². The Labute approximate surface area is 130 Å². The second-order valence-corrected chi connectivity index (χ2v) is 5.50. The molecule has 0 atom stereocenters. The fraction of sp³-hybridized carbons (Fsp3) is 0.125. The molecule has 0 N–H and O–H groups in total. The van der Waals surface area contributed by atoms with E-state index < -0.39 is 0 Å². The van der Waals surface area contributed by atoms with Gasteiger partial charge in [0.2, 0.25) is 0 Å². The number of ether oxygens (including phenoxy) is 1. The third-order valence-corrected chi connectivity index (χ3v) is 3.66. The number of carbonyl (C=O) groups excluding carboxylic acids is 1. The average molecular weight is 345 g/mol. The first-order valence-corrected chi connectivity index (χ1v) is 7.30. The standard InChI is InChI=1S/C16H13BrN2O2/c1-11(20)10-21-16-18-9-15(17)19(16)14-8-4-6-12-5-2-3-7-13(12)14/h2-9H,10H2,1H3. The smallest absolute Gasteiger partial charge is 0.302 e. The Balaban J connectivity index is 2.14. The van der Waals surface area contributed by atoms with E-state index in [-0.39, 0.29) is 12.4 Å².